The summed E-state index contributed by atoms with van der Waals surface area (Å²) >= 11 is 3.50. The van der Waals surface area contributed by atoms with E-state index in [1.165, 1.54) is 32.0 Å². The van der Waals surface area contributed by atoms with Crippen LogP contribution in [0.2, 0.25) is 0 Å². The molecule has 0 spiro atoms. The minimum absolute atomic E-state index is 0.737. The monoisotopic (exact) mass is 482 g/mol. The second-order valence-electron chi connectivity index (χ2n) is 8.02. The van der Waals surface area contributed by atoms with Gasteiger partial charge in [-0.25, -0.2) is 0 Å². The minimum atomic E-state index is 0.737. The maximum Gasteiger partial charge on any atom is 0.0934 e. The molecule has 0 atom stereocenters. The Kier molecular flexibility index (Phi) is 6.88. The molecule has 2 heterocycles. The molecule has 0 fully saturated rings. The van der Waals surface area contributed by atoms with Gasteiger partial charge in [-0.1, -0.05) is 60.7 Å². The Morgan fingerprint density at radius 1 is 0.588 bits per heavy atom. The number of aromatic nitrogens is 4. The van der Waals surface area contributed by atoms with Crippen molar-refractivity contribution in [3.05, 3.63) is 108 Å². The van der Waals surface area contributed by atoms with Crippen molar-refractivity contribution >= 4 is 23.5 Å². The van der Waals surface area contributed by atoms with Gasteiger partial charge in [0.2, 0.25) is 0 Å². The average Bonchev–Trinajstić information content (AvgIpc) is 3.54. The summed E-state index contributed by atoms with van der Waals surface area (Å²) in [5.74, 6) is 0. The molecule has 34 heavy (non-hydrogen) atoms. The summed E-state index contributed by atoms with van der Waals surface area (Å²) in [5.41, 5.74) is 6.84. The number of nitrogens with zero attached hydrogens (tertiary/aromatic N) is 4. The first-order valence-electron chi connectivity index (χ1n) is 11.1. The van der Waals surface area contributed by atoms with Crippen molar-refractivity contribution in [2.45, 2.75) is 22.9 Å². The first-order chi connectivity index (χ1) is 16.7. The predicted octanol–water partition coefficient (Wildman–Crippen LogP) is 6.95. The summed E-state index contributed by atoms with van der Waals surface area (Å²) in [6.07, 6.45) is 8.32. The molecule has 170 valence electrons. The first-order valence-corrected chi connectivity index (χ1v) is 13.6. The number of hydrogen-bond acceptors (Lipinski definition) is 4. The Morgan fingerprint density at radius 3 is 1.53 bits per heavy atom. The van der Waals surface area contributed by atoms with Crippen molar-refractivity contribution in [3.63, 3.8) is 0 Å². The molecule has 0 unspecified atom stereocenters. The van der Waals surface area contributed by atoms with Crippen molar-refractivity contribution in [2.75, 3.05) is 12.5 Å². The zero-order valence-electron chi connectivity index (χ0n) is 19.3. The molecule has 5 rings (SSSR count). The van der Waals surface area contributed by atoms with Crippen LogP contribution in [0.3, 0.4) is 0 Å². The van der Waals surface area contributed by atoms with Gasteiger partial charge in [-0.15, -0.1) is 23.5 Å². The molecule has 0 saturated heterocycles. The lowest BCUT2D eigenvalue weighted by Gasteiger charge is -2.07. The maximum atomic E-state index is 4.84. The Bertz CT molecular complexity index is 1300. The fourth-order valence-electron chi connectivity index (χ4n) is 4.10. The lowest BCUT2D eigenvalue weighted by Crippen LogP contribution is -2.04. The number of hydrogen-bond donors (Lipinski definition) is 0. The molecule has 0 aliphatic heterocycles. The van der Waals surface area contributed by atoms with E-state index in [0.29, 0.717) is 0 Å². The summed E-state index contributed by atoms with van der Waals surface area (Å²) < 4.78 is 4.02. The molecule has 4 nitrogen and oxygen atoms in total. The highest BCUT2D eigenvalue weighted by Gasteiger charge is 2.09. The molecule has 0 bridgehead atoms. The number of thioether (sulfide) groups is 2. The fraction of sp³-hybridized carbons (Fsp3) is 0.143. The predicted molar refractivity (Wildman–Crippen MR) is 144 cm³/mol. The zero-order valence-corrected chi connectivity index (χ0v) is 20.9. The van der Waals surface area contributed by atoms with Gasteiger partial charge in [-0.2, -0.15) is 10.2 Å². The molecule has 0 N–H and O–H groups in total. The van der Waals surface area contributed by atoms with E-state index in [-0.39, 0.29) is 0 Å². The highest BCUT2D eigenvalue weighted by molar-refractivity contribution is 7.99. The number of benzene rings is 3. The van der Waals surface area contributed by atoms with Crippen LogP contribution in [-0.4, -0.2) is 32.1 Å². The van der Waals surface area contributed by atoms with Gasteiger partial charge >= 0.3 is 0 Å². The lowest BCUT2D eigenvalue weighted by molar-refractivity contribution is 0.676. The largest absolute Gasteiger partial charge is 0.268 e. The highest BCUT2D eigenvalue weighted by Crippen LogP contribution is 2.29. The molecule has 5 aromatic rings. The van der Waals surface area contributed by atoms with Crippen LogP contribution in [0, 0.1) is 0 Å². The van der Waals surface area contributed by atoms with Crippen LogP contribution in [0.25, 0.3) is 22.5 Å². The van der Waals surface area contributed by atoms with E-state index in [1.54, 1.807) is 23.5 Å². The van der Waals surface area contributed by atoms with Crippen molar-refractivity contribution in [2.24, 2.45) is 0 Å². The first kappa shape index (κ1) is 22.6. The van der Waals surface area contributed by atoms with E-state index in [4.69, 9.17) is 10.2 Å². The van der Waals surface area contributed by atoms with E-state index in [1.807, 2.05) is 9.36 Å². The van der Waals surface area contributed by atoms with Gasteiger partial charge in [-0.3, -0.25) is 9.36 Å². The quantitative estimate of drug-likeness (QED) is 0.224. The van der Waals surface area contributed by atoms with Crippen LogP contribution >= 0.6 is 23.5 Å². The third-order valence-electron chi connectivity index (χ3n) is 5.73. The Hall–Kier alpha value is -3.22. The van der Waals surface area contributed by atoms with Crippen LogP contribution in [0.15, 0.2) is 107 Å². The third kappa shape index (κ3) is 4.98. The van der Waals surface area contributed by atoms with E-state index in [0.717, 1.165) is 24.5 Å². The van der Waals surface area contributed by atoms with Crippen molar-refractivity contribution < 1.29 is 0 Å². The van der Waals surface area contributed by atoms with Crippen LogP contribution in [0.1, 0.15) is 11.1 Å². The van der Waals surface area contributed by atoms with Gasteiger partial charge in [0.05, 0.1) is 24.5 Å². The summed E-state index contributed by atoms with van der Waals surface area (Å²) in [4.78, 5) is 2.49. The summed E-state index contributed by atoms with van der Waals surface area (Å²) in [6, 6.07) is 29.7. The molecule has 0 amide bonds. The molecule has 0 saturated carbocycles. The normalized spacial score (nSPS) is 11.1. The summed E-state index contributed by atoms with van der Waals surface area (Å²) in [7, 11) is 0. The molecule has 3 aromatic carbocycles. The minimum Gasteiger partial charge on any atom is -0.268 e. The second kappa shape index (κ2) is 10.4. The van der Waals surface area contributed by atoms with E-state index < -0.39 is 0 Å². The van der Waals surface area contributed by atoms with Gasteiger partial charge in [0.15, 0.2) is 0 Å². The fourth-order valence-corrected chi connectivity index (χ4v) is 5.31. The van der Waals surface area contributed by atoms with Gasteiger partial charge in [0.1, 0.15) is 0 Å². The van der Waals surface area contributed by atoms with E-state index in [9.17, 15) is 0 Å². The molecule has 6 heteroatoms. The van der Waals surface area contributed by atoms with Crippen molar-refractivity contribution in [1.29, 1.82) is 0 Å². The zero-order chi connectivity index (χ0) is 23.3. The number of rotatable bonds is 8. The van der Waals surface area contributed by atoms with Gasteiger partial charge < -0.3 is 0 Å². The van der Waals surface area contributed by atoms with Gasteiger partial charge in [-0.05, 0) is 47.9 Å². The average molecular weight is 483 g/mol. The molecule has 2 aromatic heterocycles. The molecule has 0 aliphatic carbocycles. The second-order valence-corrected chi connectivity index (χ2v) is 9.71. The van der Waals surface area contributed by atoms with Crippen LogP contribution < -0.4 is 0 Å². The molecular formula is C28H26N4S2. The summed E-state index contributed by atoms with van der Waals surface area (Å²) in [6.45, 7) is 1.47. The van der Waals surface area contributed by atoms with Crippen LogP contribution in [-0.2, 0) is 13.1 Å². The topological polar surface area (TPSA) is 35.6 Å². The smallest absolute Gasteiger partial charge is 0.0934 e. The Morgan fingerprint density at radius 2 is 1.06 bits per heavy atom. The SMILES string of the molecule is CSc1ccccc1-c1ccn(Cc2cccc(Cn3ccc(-c4ccccc4SC)n3)c2)n1. The van der Waals surface area contributed by atoms with Crippen molar-refractivity contribution in [3.8, 4) is 22.5 Å². The maximum absolute atomic E-state index is 4.84. The molecule has 0 aliphatic rings. The van der Waals surface area contributed by atoms with E-state index in [2.05, 4.69) is 110 Å². The van der Waals surface area contributed by atoms with Crippen molar-refractivity contribution in [1.82, 2.24) is 19.6 Å². The van der Waals surface area contributed by atoms with Gasteiger partial charge in [0, 0.05) is 33.3 Å². The lowest BCUT2D eigenvalue weighted by atomic mass is 10.1. The van der Waals surface area contributed by atoms with Gasteiger partial charge in [0.25, 0.3) is 0 Å². The Balaban J connectivity index is 1.31. The van der Waals surface area contributed by atoms with E-state index >= 15 is 0 Å². The van der Waals surface area contributed by atoms with Crippen LogP contribution in [0.4, 0.5) is 0 Å². The Labute approximate surface area is 209 Å². The third-order valence-corrected chi connectivity index (χ3v) is 7.32. The summed E-state index contributed by atoms with van der Waals surface area (Å²) in [5, 5.41) is 9.67. The van der Waals surface area contributed by atoms with Crippen LogP contribution in [0.5, 0.6) is 0 Å². The molecular weight excluding hydrogens is 456 g/mol. The highest BCUT2D eigenvalue weighted by atomic mass is 32.2. The standard InChI is InChI=1S/C28H26N4S2/c1-33-27-12-5-3-10-23(27)25-14-16-31(29-25)19-21-8-7-9-22(18-21)20-32-17-15-26(30-32)24-11-4-6-13-28(24)34-2/h3-18H,19-20H2,1-2H3. The molecule has 0 radical (unpaired) electrons.